The Morgan fingerprint density at radius 1 is 1.16 bits per heavy atom. The van der Waals surface area contributed by atoms with Gasteiger partial charge in [0.2, 0.25) is 0 Å². The highest BCUT2D eigenvalue weighted by Crippen LogP contribution is 2.32. The molecule has 0 aliphatic heterocycles. The smallest absolute Gasteiger partial charge is 0.436 e. The lowest BCUT2D eigenvalue weighted by atomic mass is 10.1. The maximum Gasteiger partial charge on any atom is 0.436 e. The zero-order chi connectivity index (χ0) is 13.6. The molecule has 2 aromatic heterocycles. The van der Waals surface area contributed by atoms with E-state index in [0.717, 1.165) is 6.07 Å². The highest BCUT2D eigenvalue weighted by molar-refractivity contribution is 5.78. The normalized spacial score (nSPS) is 12.2. The van der Waals surface area contributed by atoms with Gasteiger partial charge < -0.3 is 8.94 Å². The number of hydrogen-bond acceptors (Lipinski definition) is 4. The van der Waals surface area contributed by atoms with Crippen LogP contribution in [0, 0.1) is 6.92 Å². The Labute approximate surface area is 104 Å². The van der Waals surface area contributed by atoms with E-state index >= 15 is 0 Å². The fourth-order valence-electron chi connectivity index (χ4n) is 1.74. The molecule has 0 unspecified atom stereocenters. The van der Waals surface area contributed by atoms with E-state index in [1.807, 2.05) is 0 Å². The maximum absolute atomic E-state index is 12.4. The first kappa shape index (κ1) is 11.8. The highest BCUT2D eigenvalue weighted by atomic mass is 19.4. The van der Waals surface area contributed by atoms with Crippen LogP contribution in [0.1, 0.15) is 11.6 Å². The summed E-state index contributed by atoms with van der Waals surface area (Å²) in [6.07, 6.45) is -4.52. The van der Waals surface area contributed by atoms with Crippen LogP contribution < -0.4 is 0 Å². The average Bonchev–Trinajstić information content (AvgIpc) is 2.90. The van der Waals surface area contributed by atoms with Crippen molar-refractivity contribution in [3.05, 3.63) is 35.9 Å². The van der Waals surface area contributed by atoms with Crippen LogP contribution in [-0.4, -0.2) is 10.1 Å². The summed E-state index contributed by atoms with van der Waals surface area (Å²) < 4.78 is 47.3. The molecule has 4 nitrogen and oxygen atoms in total. The van der Waals surface area contributed by atoms with Crippen molar-refractivity contribution in [2.24, 2.45) is 0 Å². The minimum Gasteiger partial charge on any atom is -0.441 e. The van der Waals surface area contributed by atoms with E-state index in [9.17, 15) is 13.2 Å². The van der Waals surface area contributed by atoms with Crippen LogP contribution in [-0.2, 0) is 6.18 Å². The monoisotopic (exact) mass is 268 g/mol. The van der Waals surface area contributed by atoms with Gasteiger partial charge in [0, 0.05) is 18.6 Å². The van der Waals surface area contributed by atoms with Crippen molar-refractivity contribution in [2.45, 2.75) is 13.1 Å². The van der Waals surface area contributed by atoms with Crippen molar-refractivity contribution in [1.29, 1.82) is 0 Å². The molecular formula is C12H7F3N2O2. The van der Waals surface area contributed by atoms with Crippen LogP contribution >= 0.6 is 0 Å². The van der Waals surface area contributed by atoms with Crippen LogP contribution in [0.3, 0.4) is 0 Å². The number of nitrogens with zero attached hydrogens (tertiary/aromatic N) is 2. The number of aryl methyl sites for hydroxylation is 1. The SMILES string of the molecule is Cc1nc2ccc(-c3cc(C(F)(F)F)no3)cc2o1. The third kappa shape index (κ3) is 2.07. The third-order valence-corrected chi connectivity index (χ3v) is 2.58. The van der Waals surface area contributed by atoms with Crippen LogP contribution in [0.15, 0.2) is 33.2 Å². The van der Waals surface area contributed by atoms with Crippen LogP contribution in [0.25, 0.3) is 22.4 Å². The van der Waals surface area contributed by atoms with Gasteiger partial charge in [0.1, 0.15) is 5.52 Å². The van der Waals surface area contributed by atoms with Gasteiger partial charge in [0.25, 0.3) is 0 Å². The van der Waals surface area contributed by atoms with E-state index < -0.39 is 11.9 Å². The highest BCUT2D eigenvalue weighted by Gasteiger charge is 2.35. The summed E-state index contributed by atoms with van der Waals surface area (Å²) in [5, 5.41) is 3.00. The number of hydrogen-bond donors (Lipinski definition) is 0. The quantitative estimate of drug-likeness (QED) is 0.673. The van der Waals surface area contributed by atoms with Gasteiger partial charge in [-0.15, -0.1) is 0 Å². The molecule has 2 heterocycles. The Morgan fingerprint density at radius 3 is 2.63 bits per heavy atom. The van der Waals surface area contributed by atoms with E-state index in [1.54, 1.807) is 25.1 Å². The first-order valence-corrected chi connectivity index (χ1v) is 5.35. The van der Waals surface area contributed by atoms with Gasteiger partial charge in [0.05, 0.1) is 0 Å². The molecule has 0 aliphatic carbocycles. The standard InChI is InChI=1S/C12H7F3N2O2/c1-6-16-8-3-2-7(4-10(8)18-6)9-5-11(17-19-9)12(13,14)15/h2-5H,1H3. The fraction of sp³-hybridized carbons (Fsp3) is 0.167. The van der Waals surface area contributed by atoms with E-state index in [0.29, 0.717) is 22.6 Å². The molecule has 0 amide bonds. The molecule has 1 aromatic carbocycles. The predicted molar refractivity (Wildman–Crippen MR) is 59.2 cm³/mol. The van der Waals surface area contributed by atoms with Gasteiger partial charge in [-0.3, -0.25) is 0 Å². The molecule has 3 rings (SSSR count). The van der Waals surface area contributed by atoms with Gasteiger partial charge in [-0.05, 0) is 18.2 Å². The number of fused-ring (bicyclic) bond motifs is 1. The number of alkyl halides is 3. The molecule has 19 heavy (non-hydrogen) atoms. The zero-order valence-corrected chi connectivity index (χ0v) is 9.65. The number of rotatable bonds is 1. The Balaban J connectivity index is 2.06. The lowest BCUT2D eigenvalue weighted by Crippen LogP contribution is -2.04. The Hall–Kier alpha value is -2.31. The van der Waals surface area contributed by atoms with Crippen molar-refractivity contribution in [3.63, 3.8) is 0 Å². The van der Waals surface area contributed by atoms with E-state index in [-0.39, 0.29) is 5.76 Å². The van der Waals surface area contributed by atoms with Gasteiger partial charge in [-0.2, -0.15) is 13.2 Å². The molecule has 0 radical (unpaired) electrons. The molecule has 0 spiro atoms. The summed E-state index contributed by atoms with van der Waals surface area (Å²) in [5.74, 6) is 0.518. The third-order valence-electron chi connectivity index (χ3n) is 2.58. The second kappa shape index (κ2) is 3.84. The van der Waals surface area contributed by atoms with Crippen LogP contribution in [0.2, 0.25) is 0 Å². The molecule has 0 aliphatic rings. The van der Waals surface area contributed by atoms with Crippen LogP contribution in [0.5, 0.6) is 0 Å². The van der Waals surface area contributed by atoms with Crippen LogP contribution in [0.4, 0.5) is 13.2 Å². The Bertz CT molecular complexity index is 743. The second-order valence-corrected chi connectivity index (χ2v) is 3.99. The lowest BCUT2D eigenvalue weighted by molar-refractivity contribution is -0.142. The number of oxazole rings is 1. The molecule has 0 atom stereocenters. The maximum atomic E-state index is 12.4. The molecule has 7 heteroatoms. The summed E-state index contributed by atoms with van der Waals surface area (Å²) in [6.45, 7) is 1.69. The summed E-state index contributed by atoms with van der Waals surface area (Å²) >= 11 is 0. The number of aromatic nitrogens is 2. The van der Waals surface area contributed by atoms with Gasteiger partial charge in [-0.25, -0.2) is 4.98 Å². The minimum atomic E-state index is -4.52. The van der Waals surface area contributed by atoms with Gasteiger partial charge >= 0.3 is 6.18 Å². The van der Waals surface area contributed by atoms with Gasteiger partial charge in [0.15, 0.2) is 22.9 Å². The molecule has 3 aromatic rings. The lowest BCUT2D eigenvalue weighted by Gasteiger charge is -1.97. The van der Waals surface area contributed by atoms with Crippen molar-refractivity contribution in [2.75, 3.05) is 0 Å². The van der Waals surface area contributed by atoms with E-state index in [1.165, 1.54) is 0 Å². The summed E-state index contributed by atoms with van der Waals surface area (Å²) in [5.41, 5.74) is 0.514. The average molecular weight is 268 g/mol. The topological polar surface area (TPSA) is 52.1 Å². The molecule has 0 N–H and O–H groups in total. The zero-order valence-electron chi connectivity index (χ0n) is 9.65. The van der Waals surface area contributed by atoms with Crippen molar-refractivity contribution in [3.8, 4) is 11.3 Å². The minimum absolute atomic E-state index is 0.0308. The number of benzene rings is 1. The molecule has 98 valence electrons. The number of halogens is 3. The van der Waals surface area contributed by atoms with Crippen molar-refractivity contribution >= 4 is 11.1 Å². The Morgan fingerprint density at radius 2 is 1.95 bits per heavy atom. The van der Waals surface area contributed by atoms with E-state index in [2.05, 4.69) is 10.1 Å². The molecule has 0 saturated carbocycles. The summed E-state index contributed by atoms with van der Waals surface area (Å²) in [6, 6.07) is 5.67. The van der Waals surface area contributed by atoms with E-state index in [4.69, 9.17) is 8.94 Å². The molecular weight excluding hydrogens is 261 g/mol. The van der Waals surface area contributed by atoms with Crippen molar-refractivity contribution < 1.29 is 22.1 Å². The first-order valence-electron chi connectivity index (χ1n) is 5.35. The summed E-state index contributed by atoms with van der Waals surface area (Å²) in [4.78, 5) is 4.10. The predicted octanol–water partition coefficient (Wildman–Crippen LogP) is 3.81. The van der Waals surface area contributed by atoms with Gasteiger partial charge in [-0.1, -0.05) is 5.16 Å². The molecule has 0 saturated heterocycles. The second-order valence-electron chi connectivity index (χ2n) is 3.99. The largest absolute Gasteiger partial charge is 0.441 e. The Kier molecular flexibility index (Phi) is 2.38. The molecule has 0 fully saturated rings. The molecule has 0 bridgehead atoms. The first-order chi connectivity index (χ1) is 8.93. The summed E-state index contributed by atoms with van der Waals surface area (Å²) in [7, 11) is 0. The fourth-order valence-corrected chi connectivity index (χ4v) is 1.74. The van der Waals surface area contributed by atoms with Crippen molar-refractivity contribution in [1.82, 2.24) is 10.1 Å².